The van der Waals surface area contributed by atoms with Crippen LogP contribution in [0.1, 0.15) is 0 Å². The van der Waals surface area contributed by atoms with Gasteiger partial charge in [-0.3, -0.25) is 9.46 Å². The van der Waals surface area contributed by atoms with Crippen LogP contribution in [0.2, 0.25) is 0 Å². The summed E-state index contributed by atoms with van der Waals surface area (Å²) in [6.07, 6.45) is -4.17. The standard InChI is InChI=1S/C3H12NO9P3.4K/c5-14(6,7)1-4(2-15(8,9)10)3-16(11,12)13;;;;/h1-3H2,(H2,5,6,7)(H2,8,9,10)(H2,11,12,13);;;;/q;4*+1/p-4. The van der Waals surface area contributed by atoms with Crippen molar-refractivity contribution in [1.82, 2.24) is 4.90 Å². The van der Waals surface area contributed by atoms with Crippen LogP contribution in [-0.2, 0) is 13.7 Å². The Bertz CT molecular complexity index is 320. The summed E-state index contributed by atoms with van der Waals surface area (Å²) in [5.41, 5.74) is 0. The van der Waals surface area contributed by atoms with Gasteiger partial charge in [0.15, 0.2) is 0 Å². The minimum Gasteiger partial charge on any atom is -0.810 e. The van der Waals surface area contributed by atoms with E-state index in [1.54, 1.807) is 0 Å². The van der Waals surface area contributed by atoms with Gasteiger partial charge in [-0.25, -0.2) is 0 Å². The Kier molecular flexibility index (Phi) is 31.8. The molecule has 0 radical (unpaired) electrons. The van der Waals surface area contributed by atoms with Crippen LogP contribution < -0.4 is 225 Å². The van der Waals surface area contributed by atoms with Gasteiger partial charge in [-0.15, -0.1) is 0 Å². The van der Waals surface area contributed by atoms with Crippen molar-refractivity contribution in [1.29, 1.82) is 0 Å². The zero-order valence-corrected chi connectivity index (χ0v) is 26.8. The van der Waals surface area contributed by atoms with Crippen LogP contribution in [0.5, 0.6) is 0 Å². The normalized spacial score (nSPS) is 11.6. The summed E-state index contributed by atoms with van der Waals surface area (Å²) in [7, 11) is -15.2. The van der Waals surface area contributed by atoms with E-state index in [9.17, 15) is 33.3 Å². The second kappa shape index (κ2) is 16.9. The molecule has 0 saturated carbocycles. The van der Waals surface area contributed by atoms with Crippen molar-refractivity contribution >= 4 is 22.8 Å². The quantitative estimate of drug-likeness (QED) is 0.290. The van der Waals surface area contributed by atoms with Crippen molar-refractivity contribution in [2.24, 2.45) is 0 Å². The second-order valence-electron chi connectivity index (χ2n) is 2.98. The molecule has 98 valence electrons. The van der Waals surface area contributed by atoms with Gasteiger partial charge in [0, 0.05) is 12.6 Å². The molecule has 0 aliphatic heterocycles. The van der Waals surface area contributed by atoms with Gasteiger partial charge in [0.25, 0.3) is 0 Å². The van der Waals surface area contributed by atoms with Crippen LogP contribution in [0.25, 0.3) is 0 Å². The largest absolute Gasteiger partial charge is 1.00 e. The molecule has 0 aliphatic rings. The topological polar surface area (TPSA) is 187 Å². The van der Waals surface area contributed by atoms with Gasteiger partial charge in [0.2, 0.25) is 0 Å². The van der Waals surface area contributed by atoms with Crippen LogP contribution in [0.3, 0.4) is 0 Å². The van der Waals surface area contributed by atoms with Crippen LogP contribution in [0, 0.1) is 0 Å². The van der Waals surface area contributed by atoms with Gasteiger partial charge in [-0.1, -0.05) is 15.2 Å². The van der Waals surface area contributed by atoms with Crippen molar-refractivity contribution in [2.75, 3.05) is 18.9 Å². The van der Waals surface area contributed by atoms with Gasteiger partial charge >= 0.3 is 213 Å². The molecule has 0 aromatic heterocycles. The molecule has 0 unspecified atom stereocenters. The predicted molar refractivity (Wildman–Crippen MR) is 43.7 cm³/mol. The molecular weight excluding hydrogens is 443 g/mol. The molecule has 0 rings (SSSR count). The summed E-state index contributed by atoms with van der Waals surface area (Å²) >= 11 is 0. The third-order valence-electron chi connectivity index (χ3n) is 1.13. The molecular formula is C3H8K4NO9P3. The van der Waals surface area contributed by atoms with Crippen LogP contribution >= 0.6 is 22.8 Å². The van der Waals surface area contributed by atoms with E-state index in [0.29, 0.717) is 0 Å². The van der Waals surface area contributed by atoms with Crippen molar-refractivity contribution in [3.63, 3.8) is 0 Å². The second-order valence-corrected chi connectivity index (χ2v) is 7.60. The Morgan fingerprint density at radius 2 is 0.950 bits per heavy atom. The van der Waals surface area contributed by atoms with E-state index in [-0.39, 0.29) is 210 Å². The number of rotatable bonds is 6. The van der Waals surface area contributed by atoms with E-state index in [0.717, 1.165) is 0 Å². The average Bonchev–Trinajstić information content (AvgIpc) is 1.70. The van der Waals surface area contributed by atoms with E-state index in [2.05, 4.69) is 0 Å². The summed E-state index contributed by atoms with van der Waals surface area (Å²) in [5.74, 6) is 0. The van der Waals surface area contributed by atoms with Gasteiger partial charge in [0.1, 0.15) is 6.29 Å². The number of hydrogen-bond donors (Lipinski definition) is 2. The molecule has 0 aromatic carbocycles. The smallest absolute Gasteiger partial charge is 0.810 e. The minimum absolute atomic E-state index is 0. The first-order valence-corrected chi connectivity index (χ1v) is 8.83. The predicted octanol–water partition coefficient (Wildman–Crippen LogP) is -15.8. The maximum Gasteiger partial charge on any atom is 1.00 e. The molecule has 0 fully saturated rings. The van der Waals surface area contributed by atoms with Crippen molar-refractivity contribution in [2.45, 2.75) is 0 Å². The van der Waals surface area contributed by atoms with Gasteiger partial charge in [0.05, 0.1) is 0 Å². The number of nitrogens with zero attached hydrogens (tertiary/aromatic N) is 1. The van der Waals surface area contributed by atoms with Crippen LogP contribution in [0.4, 0.5) is 0 Å². The molecule has 20 heavy (non-hydrogen) atoms. The first kappa shape index (κ1) is 37.7. The summed E-state index contributed by atoms with van der Waals surface area (Å²) in [6.45, 7) is 0. The van der Waals surface area contributed by atoms with E-state index < -0.39 is 41.6 Å². The van der Waals surface area contributed by atoms with E-state index >= 15 is 0 Å². The summed E-state index contributed by atoms with van der Waals surface area (Å²) in [5, 5.41) is 0. The maximum atomic E-state index is 10.5. The van der Waals surface area contributed by atoms with Gasteiger partial charge in [-0.2, -0.15) is 0 Å². The first-order chi connectivity index (χ1) is 6.79. The molecule has 17 heteroatoms. The van der Waals surface area contributed by atoms with Crippen molar-refractivity contribution < 1.29 is 249 Å². The van der Waals surface area contributed by atoms with E-state index in [1.807, 2.05) is 0 Å². The molecule has 0 spiro atoms. The Balaban J connectivity index is -0.000000187. The third-order valence-corrected chi connectivity index (χ3v) is 3.39. The zero-order valence-electron chi connectivity index (χ0n) is 11.7. The van der Waals surface area contributed by atoms with Gasteiger partial charge in [-0.05, 0) is 0 Å². The molecule has 0 amide bonds. The minimum atomic E-state index is -5.21. The fourth-order valence-electron chi connectivity index (χ4n) is 0.885. The van der Waals surface area contributed by atoms with E-state index in [1.165, 1.54) is 0 Å². The number of hydrogen-bond acceptors (Lipinski definition) is 8. The summed E-state index contributed by atoms with van der Waals surface area (Å²) in [4.78, 5) is 58.2. The zero-order chi connectivity index (χ0) is 13.2. The summed E-state index contributed by atoms with van der Waals surface area (Å²) in [6, 6.07) is 0. The Labute approximate surface area is 286 Å². The van der Waals surface area contributed by atoms with Crippen LogP contribution in [-0.4, -0.2) is 33.5 Å². The molecule has 10 nitrogen and oxygen atoms in total. The molecule has 0 aromatic rings. The molecule has 0 aliphatic carbocycles. The van der Waals surface area contributed by atoms with Crippen LogP contribution in [0.15, 0.2) is 0 Å². The fourth-order valence-corrected chi connectivity index (χ4v) is 3.46. The molecule has 0 bridgehead atoms. The Hall–Kier alpha value is 6.96. The summed E-state index contributed by atoms with van der Waals surface area (Å²) < 4.78 is 31.1. The fraction of sp³-hybridized carbons (Fsp3) is 1.00. The average molecular weight is 451 g/mol. The SMILES string of the molecule is O=P([O-])([O-])CN(CP(=O)([O-])[O-])CP(=O)(O)O.[K+].[K+].[K+].[K+]. The maximum absolute atomic E-state index is 10.5. The molecule has 0 atom stereocenters. The molecule has 0 heterocycles. The Morgan fingerprint density at radius 1 is 0.700 bits per heavy atom. The van der Waals surface area contributed by atoms with Gasteiger partial charge < -0.3 is 38.5 Å². The molecule has 0 saturated heterocycles. The third kappa shape index (κ3) is 29.7. The first-order valence-electron chi connectivity index (χ1n) is 3.58. The monoisotopic (exact) mass is 451 g/mol. The van der Waals surface area contributed by atoms with Crippen molar-refractivity contribution in [3.05, 3.63) is 0 Å². The Morgan fingerprint density at radius 3 is 1.10 bits per heavy atom. The molecule has 2 N–H and O–H groups in total. The van der Waals surface area contributed by atoms with E-state index in [4.69, 9.17) is 9.79 Å². The van der Waals surface area contributed by atoms with Crippen molar-refractivity contribution in [3.8, 4) is 0 Å².